The Bertz CT molecular complexity index is 883. The van der Waals surface area contributed by atoms with E-state index in [0.29, 0.717) is 30.0 Å². The van der Waals surface area contributed by atoms with Gasteiger partial charge in [0.05, 0.1) is 25.9 Å². The molecule has 0 bridgehead atoms. The fourth-order valence-electron chi connectivity index (χ4n) is 3.61. The number of nitrogens with one attached hydrogen (secondary N) is 1. The van der Waals surface area contributed by atoms with Crippen LogP contribution < -0.4 is 10.2 Å². The number of methoxy groups -OCH3 is 1. The van der Waals surface area contributed by atoms with Crippen molar-refractivity contribution >= 4 is 23.4 Å². The van der Waals surface area contributed by atoms with Crippen LogP contribution in [0, 0.1) is 0 Å². The molecule has 152 valence electrons. The molecule has 1 aromatic heterocycles. The second-order valence-corrected chi connectivity index (χ2v) is 7.02. The summed E-state index contributed by atoms with van der Waals surface area (Å²) in [7, 11) is 1.33. The Kier molecular flexibility index (Phi) is 5.46. The molecular weight excluding hydrogens is 374 g/mol. The average molecular weight is 397 g/mol. The van der Waals surface area contributed by atoms with Crippen LogP contribution in [0.5, 0.6) is 0 Å². The van der Waals surface area contributed by atoms with Gasteiger partial charge in [-0.2, -0.15) is 0 Å². The van der Waals surface area contributed by atoms with Crippen molar-refractivity contribution in [2.75, 3.05) is 43.6 Å². The molecule has 0 saturated carbocycles. The van der Waals surface area contributed by atoms with E-state index in [2.05, 4.69) is 19.9 Å². The Labute approximate surface area is 168 Å². The molecule has 2 aliphatic rings. The van der Waals surface area contributed by atoms with Crippen LogP contribution in [0.3, 0.4) is 0 Å². The quantitative estimate of drug-likeness (QED) is 0.793. The van der Waals surface area contributed by atoms with E-state index in [-0.39, 0.29) is 5.91 Å². The third-order valence-corrected chi connectivity index (χ3v) is 5.23. The van der Waals surface area contributed by atoms with Crippen LogP contribution in [-0.2, 0) is 14.2 Å². The lowest BCUT2D eigenvalue weighted by Gasteiger charge is -2.38. The number of pyridine rings is 1. The van der Waals surface area contributed by atoms with Gasteiger partial charge in [-0.25, -0.2) is 9.78 Å². The number of aromatic nitrogens is 1. The van der Waals surface area contributed by atoms with Gasteiger partial charge >= 0.3 is 5.97 Å². The van der Waals surface area contributed by atoms with Crippen molar-refractivity contribution in [3.05, 3.63) is 53.7 Å². The van der Waals surface area contributed by atoms with Gasteiger partial charge in [0, 0.05) is 43.4 Å². The number of hydrogen-bond acceptors (Lipinski definition) is 7. The number of carbonyl (C=O) groups is 2. The zero-order valence-corrected chi connectivity index (χ0v) is 16.2. The minimum Gasteiger partial charge on any atom is -0.465 e. The molecule has 8 heteroatoms. The van der Waals surface area contributed by atoms with Crippen molar-refractivity contribution < 1.29 is 23.8 Å². The van der Waals surface area contributed by atoms with E-state index in [4.69, 9.17) is 9.47 Å². The van der Waals surface area contributed by atoms with Gasteiger partial charge in [0.2, 0.25) is 0 Å². The number of anilines is 2. The number of benzene rings is 1. The lowest BCUT2D eigenvalue weighted by molar-refractivity contribution is -0.169. The Hall–Kier alpha value is -2.97. The third kappa shape index (κ3) is 4.23. The van der Waals surface area contributed by atoms with Gasteiger partial charge in [-0.3, -0.25) is 4.79 Å². The normalized spacial score (nSPS) is 17.9. The summed E-state index contributed by atoms with van der Waals surface area (Å²) in [5, 5.41) is 2.83. The average Bonchev–Trinajstić information content (AvgIpc) is 3.22. The maximum atomic E-state index is 12.6. The number of esters is 1. The lowest BCUT2D eigenvalue weighted by Crippen LogP contribution is -2.45. The summed E-state index contributed by atoms with van der Waals surface area (Å²) in [6.07, 6.45) is 3.19. The summed E-state index contributed by atoms with van der Waals surface area (Å²) >= 11 is 0. The number of ether oxygens (including phenoxy) is 3. The van der Waals surface area contributed by atoms with E-state index >= 15 is 0 Å². The second-order valence-electron chi connectivity index (χ2n) is 7.02. The lowest BCUT2D eigenvalue weighted by atomic mass is 10.0. The minimum absolute atomic E-state index is 0.240. The Morgan fingerprint density at radius 3 is 2.41 bits per heavy atom. The van der Waals surface area contributed by atoms with E-state index in [1.807, 2.05) is 0 Å². The van der Waals surface area contributed by atoms with Gasteiger partial charge in [0.15, 0.2) is 5.79 Å². The van der Waals surface area contributed by atoms with Crippen LogP contribution in [0.15, 0.2) is 42.6 Å². The highest BCUT2D eigenvalue weighted by molar-refractivity contribution is 6.04. The molecule has 2 aliphatic heterocycles. The first-order valence-corrected chi connectivity index (χ1v) is 9.57. The highest BCUT2D eigenvalue weighted by Crippen LogP contribution is 2.32. The SMILES string of the molecule is COC(=O)c1ccc(NC(=O)c2ccnc(N3CCC4(CC3)OCCO4)c2)cc1. The van der Waals surface area contributed by atoms with Crippen LogP contribution >= 0.6 is 0 Å². The van der Waals surface area contributed by atoms with E-state index in [0.717, 1.165) is 31.7 Å². The summed E-state index contributed by atoms with van der Waals surface area (Å²) < 4.78 is 16.2. The molecule has 29 heavy (non-hydrogen) atoms. The number of piperidine rings is 1. The van der Waals surface area contributed by atoms with Gasteiger partial charge in [0.25, 0.3) is 5.91 Å². The summed E-state index contributed by atoms with van der Waals surface area (Å²) in [5.74, 6) is -0.345. The summed E-state index contributed by atoms with van der Waals surface area (Å²) in [5.41, 5.74) is 1.53. The molecule has 3 heterocycles. The first-order chi connectivity index (χ1) is 14.1. The Morgan fingerprint density at radius 1 is 1.07 bits per heavy atom. The fourth-order valence-corrected chi connectivity index (χ4v) is 3.61. The molecule has 1 amide bonds. The number of hydrogen-bond donors (Lipinski definition) is 1. The van der Waals surface area contributed by atoms with Gasteiger partial charge < -0.3 is 24.4 Å². The van der Waals surface area contributed by atoms with Crippen molar-refractivity contribution in [3.8, 4) is 0 Å². The predicted molar refractivity (Wildman–Crippen MR) is 106 cm³/mol. The van der Waals surface area contributed by atoms with E-state index < -0.39 is 11.8 Å². The molecule has 0 radical (unpaired) electrons. The van der Waals surface area contributed by atoms with Crippen molar-refractivity contribution in [2.45, 2.75) is 18.6 Å². The molecule has 0 atom stereocenters. The monoisotopic (exact) mass is 397 g/mol. The van der Waals surface area contributed by atoms with Crippen LogP contribution in [0.25, 0.3) is 0 Å². The van der Waals surface area contributed by atoms with Crippen molar-refractivity contribution in [1.29, 1.82) is 0 Å². The highest BCUT2D eigenvalue weighted by atomic mass is 16.7. The van der Waals surface area contributed by atoms with Gasteiger partial charge in [0.1, 0.15) is 5.82 Å². The molecule has 1 N–H and O–H groups in total. The topological polar surface area (TPSA) is 90.0 Å². The zero-order chi connectivity index (χ0) is 20.3. The molecule has 1 aromatic carbocycles. The second kappa shape index (κ2) is 8.18. The number of amides is 1. The molecule has 0 aliphatic carbocycles. The Balaban J connectivity index is 1.40. The summed E-state index contributed by atoms with van der Waals surface area (Å²) in [6.45, 7) is 2.81. The highest BCUT2D eigenvalue weighted by Gasteiger charge is 2.40. The first kappa shape index (κ1) is 19.4. The number of rotatable bonds is 4. The summed E-state index contributed by atoms with van der Waals surface area (Å²) in [6, 6.07) is 10.0. The third-order valence-electron chi connectivity index (χ3n) is 5.23. The first-order valence-electron chi connectivity index (χ1n) is 9.57. The number of carbonyl (C=O) groups excluding carboxylic acids is 2. The van der Waals surface area contributed by atoms with E-state index in [1.54, 1.807) is 42.6 Å². The van der Waals surface area contributed by atoms with Crippen molar-refractivity contribution in [2.24, 2.45) is 0 Å². The molecule has 0 unspecified atom stereocenters. The molecule has 8 nitrogen and oxygen atoms in total. The van der Waals surface area contributed by atoms with Crippen molar-refractivity contribution in [1.82, 2.24) is 4.98 Å². The molecule has 2 fully saturated rings. The summed E-state index contributed by atoms with van der Waals surface area (Å²) in [4.78, 5) is 30.7. The fraction of sp³-hybridized carbons (Fsp3) is 0.381. The van der Waals surface area contributed by atoms with Gasteiger partial charge in [-0.1, -0.05) is 0 Å². The van der Waals surface area contributed by atoms with Crippen molar-refractivity contribution in [3.63, 3.8) is 0 Å². The molecular formula is C21H23N3O5. The van der Waals surface area contributed by atoms with Crippen LogP contribution in [-0.4, -0.2) is 56.1 Å². The zero-order valence-electron chi connectivity index (χ0n) is 16.2. The van der Waals surface area contributed by atoms with Crippen LogP contribution in [0.1, 0.15) is 33.6 Å². The van der Waals surface area contributed by atoms with E-state index in [1.165, 1.54) is 7.11 Å². The molecule has 2 saturated heterocycles. The largest absolute Gasteiger partial charge is 0.465 e. The van der Waals surface area contributed by atoms with E-state index in [9.17, 15) is 9.59 Å². The Morgan fingerprint density at radius 2 is 1.76 bits per heavy atom. The van der Waals surface area contributed by atoms with Gasteiger partial charge in [-0.15, -0.1) is 0 Å². The van der Waals surface area contributed by atoms with Crippen LogP contribution in [0.4, 0.5) is 11.5 Å². The predicted octanol–water partition coefficient (Wildman–Crippen LogP) is 2.46. The molecule has 4 rings (SSSR count). The maximum absolute atomic E-state index is 12.6. The smallest absolute Gasteiger partial charge is 0.337 e. The molecule has 1 spiro atoms. The van der Waals surface area contributed by atoms with Gasteiger partial charge in [-0.05, 0) is 36.4 Å². The minimum atomic E-state index is -0.443. The standard InChI is InChI=1S/C21H23N3O5/c1-27-20(26)15-2-4-17(5-3-15)23-19(25)16-6-9-22-18(14-16)24-10-7-21(8-11-24)28-12-13-29-21/h2-6,9,14H,7-8,10-13H2,1H3,(H,23,25). The molecule has 2 aromatic rings. The number of nitrogens with zero attached hydrogens (tertiary/aromatic N) is 2. The maximum Gasteiger partial charge on any atom is 0.337 e. The van der Waals surface area contributed by atoms with Crippen LogP contribution in [0.2, 0.25) is 0 Å².